The van der Waals surface area contributed by atoms with Crippen LogP contribution in [0.2, 0.25) is 0 Å². The van der Waals surface area contributed by atoms with E-state index >= 15 is 0 Å². The van der Waals surface area contributed by atoms with Gasteiger partial charge in [0.05, 0.1) is 10.9 Å². The SMILES string of the molecule is CCN(C(=O)N(CCC(C)C)c1nc2ccc(NC(=O)OC(C)(C)C)c(C)c2c(=O)o1)c1ccccn1. The zero-order valence-corrected chi connectivity index (χ0v) is 22.5. The molecule has 0 unspecified atom stereocenters. The Balaban J connectivity index is 2.02. The number of aryl methyl sites for hydroxylation is 1. The van der Waals surface area contributed by atoms with E-state index in [4.69, 9.17) is 9.15 Å². The number of fused-ring (bicyclic) bond motifs is 1. The molecule has 37 heavy (non-hydrogen) atoms. The molecule has 10 heteroatoms. The number of carbonyl (C=O) groups excluding carboxylic acids is 2. The van der Waals surface area contributed by atoms with Crippen LogP contribution >= 0.6 is 0 Å². The zero-order chi connectivity index (χ0) is 27.3. The predicted octanol–water partition coefficient (Wildman–Crippen LogP) is 5.74. The number of ether oxygens (including phenoxy) is 1. The van der Waals surface area contributed by atoms with Crippen LogP contribution in [0.3, 0.4) is 0 Å². The smallest absolute Gasteiger partial charge is 0.412 e. The lowest BCUT2D eigenvalue weighted by atomic mass is 10.1. The first kappa shape index (κ1) is 27.6. The predicted molar refractivity (Wildman–Crippen MR) is 144 cm³/mol. The van der Waals surface area contributed by atoms with Crippen LogP contribution in [0, 0.1) is 12.8 Å². The van der Waals surface area contributed by atoms with Gasteiger partial charge in [-0.2, -0.15) is 4.98 Å². The Kier molecular flexibility index (Phi) is 8.52. The minimum Gasteiger partial charge on any atom is -0.444 e. The second-order valence-corrected chi connectivity index (χ2v) is 10.1. The van der Waals surface area contributed by atoms with Crippen molar-refractivity contribution in [3.05, 3.63) is 52.5 Å². The Morgan fingerprint density at radius 1 is 1.14 bits per heavy atom. The molecule has 0 aliphatic carbocycles. The quantitative estimate of drug-likeness (QED) is 0.432. The van der Waals surface area contributed by atoms with E-state index in [9.17, 15) is 14.4 Å². The van der Waals surface area contributed by atoms with Crippen molar-refractivity contribution in [3.63, 3.8) is 0 Å². The van der Waals surface area contributed by atoms with Crippen LogP contribution in [0.1, 0.15) is 53.5 Å². The molecule has 0 saturated heterocycles. The number of hydrogen-bond acceptors (Lipinski definition) is 7. The summed E-state index contributed by atoms with van der Waals surface area (Å²) in [4.78, 5) is 50.8. The van der Waals surface area contributed by atoms with Crippen LogP contribution < -0.4 is 20.7 Å². The van der Waals surface area contributed by atoms with E-state index in [2.05, 4.69) is 15.3 Å². The number of anilines is 3. The summed E-state index contributed by atoms with van der Waals surface area (Å²) < 4.78 is 10.9. The van der Waals surface area contributed by atoms with Crippen molar-refractivity contribution >= 4 is 40.5 Å². The van der Waals surface area contributed by atoms with E-state index in [0.29, 0.717) is 48.0 Å². The number of pyridine rings is 1. The largest absolute Gasteiger partial charge is 0.444 e. The average Bonchev–Trinajstić information content (AvgIpc) is 2.80. The average molecular weight is 510 g/mol. The molecule has 2 aromatic heterocycles. The molecule has 3 rings (SSSR count). The van der Waals surface area contributed by atoms with Gasteiger partial charge in [-0.1, -0.05) is 19.9 Å². The molecular formula is C27H35N5O5. The summed E-state index contributed by atoms with van der Waals surface area (Å²) in [6, 6.07) is 8.09. The van der Waals surface area contributed by atoms with Crippen molar-refractivity contribution in [2.45, 2.75) is 60.5 Å². The van der Waals surface area contributed by atoms with Crippen molar-refractivity contribution in [1.82, 2.24) is 9.97 Å². The van der Waals surface area contributed by atoms with E-state index in [0.717, 1.165) is 0 Å². The van der Waals surface area contributed by atoms with Gasteiger partial charge < -0.3 is 9.15 Å². The van der Waals surface area contributed by atoms with Gasteiger partial charge in [0.15, 0.2) is 0 Å². The minimum absolute atomic E-state index is 0.0928. The third kappa shape index (κ3) is 6.84. The van der Waals surface area contributed by atoms with Gasteiger partial charge in [0.25, 0.3) is 0 Å². The fraction of sp³-hybridized carbons (Fsp3) is 0.444. The summed E-state index contributed by atoms with van der Waals surface area (Å²) in [6.45, 7) is 13.6. The van der Waals surface area contributed by atoms with Crippen LogP contribution in [0.25, 0.3) is 10.9 Å². The lowest BCUT2D eigenvalue weighted by molar-refractivity contribution is 0.0635. The maximum atomic E-state index is 13.6. The number of hydrogen-bond donors (Lipinski definition) is 1. The maximum absolute atomic E-state index is 13.6. The summed E-state index contributed by atoms with van der Waals surface area (Å²) in [5.41, 5.74) is -0.0865. The molecule has 198 valence electrons. The van der Waals surface area contributed by atoms with Gasteiger partial charge >= 0.3 is 23.8 Å². The van der Waals surface area contributed by atoms with E-state index in [1.807, 2.05) is 20.8 Å². The monoisotopic (exact) mass is 509 g/mol. The minimum atomic E-state index is -0.669. The standard InChI is InChI=1S/C27H35N5O5/c1-8-31(21-11-9-10-15-28-21)26(35)32(16-14-17(2)3)24-29-20-13-12-19(18(4)22(20)23(33)36-24)30-25(34)37-27(5,6)7/h9-13,15,17H,8,14,16H2,1-7H3,(H,30,34). The van der Waals surface area contributed by atoms with Gasteiger partial charge in [-0.3, -0.25) is 10.2 Å². The Morgan fingerprint density at radius 2 is 1.86 bits per heavy atom. The summed E-state index contributed by atoms with van der Waals surface area (Å²) in [6.07, 6.45) is 1.65. The molecule has 0 radical (unpaired) electrons. The first-order chi connectivity index (χ1) is 17.4. The van der Waals surface area contributed by atoms with E-state index < -0.39 is 23.4 Å². The molecule has 0 bridgehead atoms. The number of nitrogens with zero attached hydrogens (tertiary/aromatic N) is 4. The highest BCUT2D eigenvalue weighted by Crippen LogP contribution is 2.26. The highest BCUT2D eigenvalue weighted by atomic mass is 16.6. The lowest BCUT2D eigenvalue weighted by Crippen LogP contribution is -2.45. The Bertz CT molecular complexity index is 1310. The molecule has 3 amide bonds. The topological polar surface area (TPSA) is 118 Å². The van der Waals surface area contributed by atoms with E-state index in [-0.39, 0.29) is 11.4 Å². The summed E-state index contributed by atoms with van der Waals surface area (Å²) in [7, 11) is 0. The Morgan fingerprint density at radius 3 is 2.46 bits per heavy atom. The van der Waals surface area contributed by atoms with Crippen molar-refractivity contribution < 1.29 is 18.7 Å². The van der Waals surface area contributed by atoms with Crippen LogP contribution in [0.15, 0.2) is 45.7 Å². The fourth-order valence-electron chi connectivity index (χ4n) is 3.69. The third-order valence-electron chi connectivity index (χ3n) is 5.55. The molecule has 0 atom stereocenters. The first-order valence-electron chi connectivity index (χ1n) is 12.4. The number of nitrogens with one attached hydrogen (secondary N) is 1. The van der Waals surface area contributed by atoms with Crippen molar-refractivity contribution in [3.8, 4) is 0 Å². The zero-order valence-electron chi connectivity index (χ0n) is 22.5. The summed E-state index contributed by atoms with van der Waals surface area (Å²) >= 11 is 0. The van der Waals surface area contributed by atoms with E-state index in [1.165, 1.54) is 9.80 Å². The van der Waals surface area contributed by atoms with Crippen LogP contribution in [0.4, 0.5) is 27.1 Å². The number of benzene rings is 1. The number of carbonyl (C=O) groups is 2. The number of aromatic nitrogens is 2. The van der Waals surface area contributed by atoms with Gasteiger partial charge in [0.1, 0.15) is 11.4 Å². The first-order valence-corrected chi connectivity index (χ1v) is 12.4. The maximum Gasteiger partial charge on any atom is 0.412 e. The molecule has 0 aliphatic rings. The van der Waals surface area contributed by atoms with Crippen LogP contribution in [-0.4, -0.2) is 40.8 Å². The Labute approximate surface area is 216 Å². The highest BCUT2D eigenvalue weighted by Gasteiger charge is 2.28. The van der Waals surface area contributed by atoms with E-state index in [1.54, 1.807) is 64.2 Å². The van der Waals surface area contributed by atoms with Crippen molar-refractivity contribution in [2.24, 2.45) is 5.92 Å². The molecule has 0 fully saturated rings. The highest BCUT2D eigenvalue weighted by molar-refractivity contribution is 6.02. The third-order valence-corrected chi connectivity index (χ3v) is 5.55. The molecule has 1 N–H and O–H groups in total. The summed E-state index contributed by atoms with van der Waals surface area (Å²) in [5.74, 6) is 0.789. The molecule has 3 aromatic rings. The lowest BCUT2D eigenvalue weighted by Gasteiger charge is -2.28. The molecule has 1 aromatic carbocycles. The van der Waals surface area contributed by atoms with Gasteiger partial charge in [0, 0.05) is 25.0 Å². The van der Waals surface area contributed by atoms with Crippen LogP contribution in [-0.2, 0) is 4.74 Å². The summed E-state index contributed by atoms with van der Waals surface area (Å²) in [5, 5.41) is 2.88. The molecular weight excluding hydrogens is 474 g/mol. The van der Waals surface area contributed by atoms with Gasteiger partial charge in [-0.25, -0.2) is 24.3 Å². The molecule has 2 heterocycles. The van der Waals surface area contributed by atoms with Crippen LogP contribution in [0.5, 0.6) is 0 Å². The molecule has 0 aliphatic heterocycles. The van der Waals surface area contributed by atoms with Crippen molar-refractivity contribution in [2.75, 3.05) is 28.2 Å². The number of amides is 3. The van der Waals surface area contributed by atoms with Crippen molar-refractivity contribution in [1.29, 1.82) is 0 Å². The van der Waals surface area contributed by atoms with Gasteiger partial charge in [0.2, 0.25) is 0 Å². The molecule has 10 nitrogen and oxygen atoms in total. The Hall–Kier alpha value is -3.95. The number of rotatable bonds is 7. The normalized spacial score (nSPS) is 11.5. The second-order valence-electron chi connectivity index (χ2n) is 10.1. The fourth-order valence-corrected chi connectivity index (χ4v) is 3.69. The molecule has 0 spiro atoms. The van der Waals surface area contributed by atoms with Gasteiger partial charge in [-0.05, 0) is 76.8 Å². The molecule has 0 saturated carbocycles. The second kappa shape index (κ2) is 11.4. The van der Waals surface area contributed by atoms with Gasteiger partial charge in [-0.15, -0.1) is 0 Å². The number of urea groups is 1.